The fourth-order valence-electron chi connectivity index (χ4n) is 3.46. The molecule has 0 bridgehead atoms. The summed E-state index contributed by atoms with van der Waals surface area (Å²) in [6, 6.07) is 12.9. The Labute approximate surface area is 175 Å². The van der Waals surface area contributed by atoms with Gasteiger partial charge in [0, 0.05) is 31.8 Å². The Morgan fingerprint density at radius 3 is 2.53 bits per heavy atom. The van der Waals surface area contributed by atoms with Crippen molar-refractivity contribution < 1.29 is 18.6 Å². The van der Waals surface area contributed by atoms with E-state index in [4.69, 9.17) is 4.74 Å². The van der Waals surface area contributed by atoms with Gasteiger partial charge in [0.05, 0.1) is 11.7 Å². The number of aromatic nitrogens is 2. The molecule has 1 heterocycles. The molecule has 0 spiro atoms. The van der Waals surface area contributed by atoms with E-state index in [2.05, 4.69) is 16.9 Å². The number of ether oxygens (including phenoxy) is 1. The highest BCUT2D eigenvalue weighted by Crippen LogP contribution is 2.35. The van der Waals surface area contributed by atoms with Crippen molar-refractivity contribution in [1.82, 2.24) is 14.7 Å². The maximum atomic E-state index is 14.2. The van der Waals surface area contributed by atoms with Crippen molar-refractivity contribution in [3.8, 4) is 22.9 Å². The summed E-state index contributed by atoms with van der Waals surface area (Å²) in [5.74, 6) is -1.14. The number of rotatable bonds is 9. The van der Waals surface area contributed by atoms with Crippen molar-refractivity contribution in [2.75, 3.05) is 13.1 Å². The van der Waals surface area contributed by atoms with Gasteiger partial charge < -0.3 is 9.84 Å². The topological polar surface area (TPSA) is 50.5 Å². The van der Waals surface area contributed by atoms with E-state index >= 15 is 0 Å². The molecule has 3 aromatic rings. The summed E-state index contributed by atoms with van der Waals surface area (Å²) in [7, 11) is 1.73. The smallest absolute Gasteiger partial charge is 0.222 e. The summed E-state index contributed by atoms with van der Waals surface area (Å²) in [6.07, 6.45) is 0.420. The minimum Gasteiger partial charge on any atom is -0.436 e. The van der Waals surface area contributed by atoms with Gasteiger partial charge in [-0.15, -0.1) is 0 Å². The van der Waals surface area contributed by atoms with Crippen molar-refractivity contribution in [2.45, 2.75) is 32.9 Å². The minimum absolute atomic E-state index is 0.0715. The van der Waals surface area contributed by atoms with Gasteiger partial charge in [0.25, 0.3) is 0 Å². The second kappa shape index (κ2) is 9.82. The molecule has 2 aromatic carbocycles. The lowest BCUT2D eigenvalue weighted by atomic mass is 10.1. The second-order valence-electron chi connectivity index (χ2n) is 7.38. The van der Waals surface area contributed by atoms with E-state index < -0.39 is 17.7 Å². The summed E-state index contributed by atoms with van der Waals surface area (Å²) in [6.45, 7) is 5.55. The Bertz CT molecular complexity index is 974. The summed E-state index contributed by atoms with van der Waals surface area (Å²) >= 11 is 0. The lowest BCUT2D eigenvalue weighted by Gasteiger charge is -2.23. The second-order valence-corrected chi connectivity index (χ2v) is 7.38. The molecule has 30 heavy (non-hydrogen) atoms. The minimum atomic E-state index is -0.780. The van der Waals surface area contributed by atoms with Crippen molar-refractivity contribution in [3.63, 3.8) is 0 Å². The van der Waals surface area contributed by atoms with Crippen LogP contribution in [0.4, 0.5) is 8.78 Å². The molecule has 0 unspecified atom stereocenters. The highest BCUT2D eigenvalue weighted by Gasteiger charge is 2.23. The maximum absolute atomic E-state index is 14.2. The zero-order chi connectivity index (χ0) is 21.7. The standard InChI is InChI=1S/C23H27F2N3O2/c1-4-12-28(14-16(2)29)15-19-22(17-8-6-5-7-9-17)26-27(3)23(19)30-21-11-10-18(24)13-20(21)25/h5-11,13,16,29H,4,12,14-15H2,1-3H3/t16-/m0/s1. The fourth-order valence-corrected chi connectivity index (χ4v) is 3.46. The average molecular weight is 415 g/mol. The van der Waals surface area contributed by atoms with Crippen LogP contribution in [0.1, 0.15) is 25.8 Å². The quantitative estimate of drug-likeness (QED) is 0.548. The molecule has 1 N–H and O–H groups in total. The molecule has 0 saturated heterocycles. The largest absolute Gasteiger partial charge is 0.436 e. The molecule has 3 rings (SSSR count). The molecule has 160 valence electrons. The molecule has 5 nitrogen and oxygen atoms in total. The third-order valence-corrected chi connectivity index (χ3v) is 4.68. The lowest BCUT2D eigenvalue weighted by molar-refractivity contribution is 0.122. The number of benzene rings is 2. The first-order valence-electron chi connectivity index (χ1n) is 10.0. The third-order valence-electron chi connectivity index (χ3n) is 4.68. The Kier molecular flexibility index (Phi) is 7.18. The predicted octanol–water partition coefficient (Wildman–Crippen LogP) is 4.75. The van der Waals surface area contributed by atoms with Crippen LogP contribution in [0.25, 0.3) is 11.3 Å². The molecule has 7 heteroatoms. The molecule has 0 amide bonds. The number of halogens is 2. The fraction of sp³-hybridized carbons (Fsp3) is 0.348. The van der Waals surface area contributed by atoms with E-state index in [1.807, 2.05) is 30.3 Å². The molecule has 1 aromatic heterocycles. The van der Waals surface area contributed by atoms with E-state index in [1.165, 1.54) is 6.07 Å². The van der Waals surface area contributed by atoms with E-state index in [9.17, 15) is 13.9 Å². The van der Waals surface area contributed by atoms with Gasteiger partial charge >= 0.3 is 0 Å². The highest BCUT2D eigenvalue weighted by molar-refractivity contribution is 5.65. The first kappa shape index (κ1) is 21.9. The van der Waals surface area contributed by atoms with Crippen LogP contribution in [-0.4, -0.2) is 39.0 Å². The zero-order valence-electron chi connectivity index (χ0n) is 17.5. The molecular weight excluding hydrogens is 388 g/mol. The van der Waals surface area contributed by atoms with Crippen molar-refractivity contribution in [3.05, 3.63) is 65.7 Å². The Morgan fingerprint density at radius 1 is 1.17 bits per heavy atom. The third kappa shape index (κ3) is 5.23. The highest BCUT2D eigenvalue weighted by atomic mass is 19.1. The van der Waals surface area contributed by atoms with Crippen molar-refractivity contribution in [2.24, 2.45) is 7.05 Å². The van der Waals surface area contributed by atoms with Crippen LogP contribution in [0.3, 0.4) is 0 Å². The molecular formula is C23H27F2N3O2. The predicted molar refractivity (Wildman–Crippen MR) is 112 cm³/mol. The van der Waals surface area contributed by atoms with Gasteiger partial charge in [0.2, 0.25) is 5.88 Å². The van der Waals surface area contributed by atoms with Gasteiger partial charge in [-0.2, -0.15) is 5.10 Å². The van der Waals surface area contributed by atoms with Gasteiger partial charge in [0.15, 0.2) is 11.6 Å². The summed E-state index contributed by atoms with van der Waals surface area (Å²) in [5.41, 5.74) is 2.41. The van der Waals surface area contributed by atoms with Crippen molar-refractivity contribution in [1.29, 1.82) is 0 Å². The zero-order valence-corrected chi connectivity index (χ0v) is 17.5. The number of hydrogen-bond acceptors (Lipinski definition) is 4. The molecule has 0 saturated carbocycles. The van der Waals surface area contributed by atoms with Crippen LogP contribution in [0.5, 0.6) is 11.6 Å². The maximum Gasteiger partial charge on any atom is 0.222 e. The molecule has 0 fully saturated rings. The van der Waals surface area contributed by atoms with E-state index in [0.29, 0.717) is 19.0 Å². The van der Waals surface area contributed by atoms with Gasteiger partial charge in [0.1, 0.15) is 11.5 Å². The van der Waals surface area contributed by atoms with Gasteiger partial charge in [-0.25, -0.2) is 13.5 Å². The number of aliphatic hydroxyl groups is 1. The normalized spacial score (nSPS) is 12.4. The number of aliphatic hydroxyl groups excluding tert-OH is 1. The summed E-state index contributed by atoms with van der Waals surface area (Å²) in [4.78, 5) is 2.11. The van der Waals surface area contributed by atoms with Crippen LogP contribution in [0.15, 0.2) is 48.5 Å². The SMILES string of the molecule is CCCN(Cc1c(-c2ccccc2)nn(C)c1Oc1ccc(F)cc1F)C[C@H](C)O. The first-order valence-corrected chi connectivity index (χ1v) is 10.0. The number of aryl methyl sites for hydroxylation is 1. The molecule has 0 aliphatic carbocycles. The molecule has 0 aliphatic rings. The van der Waals surface area contributed by atoms with E-state index in [0.717, 1.165) is 41.9 Å². The molecule has 0 aliphatic heterocycles. The average Bonchev–Trinajstić information content (AvgIpc) is 3.00. The van der Waals surface area contributed by atoms with Gasteiger partial charge in [-0.3, -0.25) is 4.90 Å². The van der Waals surface area contributed by atoms with E-state index in [1.54, 1.807) is 18.7 Å². The first-order chi connectivity index (χ1) is 14.4. The molecule has 1 atom stereocenters. The van der Waals surface area contributed by atoms with Crippen LogP contribution in [0.2, 0.25) is 0 Å². The van der Waals surface area contributed by atoms with Gasteiger partial charge in [-0.1, -0.05) is 37.3 Å². The molecule has 0 radical (unpaired) electrons. The monoisotopic (exact) mass is 415 g/mol. The lowest BCUT2D eigenvalue weighted by Crippen LogP contribution is -2.31. The summed E-state index contributed by atoms with van der Waals surface area (Å²) < 4.78 is 35.0. The van der Waals surface area contributed by atoms with Crippen LogP contribution < -0.4 is 4.74 Å². The number of hydrogen-bond donors (Lipinski definition) is 1. The van der Waals surface area contributed by atoms with E-state index in [-0.39, 0.29) is 5.75 Å². The van der Waals surface area contributed by atoms with Crippen LogP contribution in [0, 0.1) is 11.6 Å². The Balaban J connectivity index is 2.05. The Hall–Kier alpha value is -2.77. The van der Waals surface area contributed by atoms with Crippen LogP contribution >= 0.6 is 0 Å². The number of nitrogens with zero attached hydrogens (tertiary/aromatic N) is 3. The van der Waals surface area contributed by atoms with Gasteiger partial charge in [-0.05, 0) is 32.0 Å². The Morgan fingerprint density at radius 2 is 1.90 bits per heavy atom. The van der Waals surface area contributed by atoms with Crippen molar-refractivity contribution >= 4 is 0 Å². The van der Waals surface area contributed by atoms with Crippen LogP contribution in [-0.2, 0) is 13.6 Å². The summed E-state index contributed by atoms with van der Waals surface area (Å²) in [5, 5.41) is 14.5.